The van der Waals surface area contributed by atoms with Crippen molar-refractivity contribution in [1.82, 2.24) is 0 Å². The molecule has 1 heterocycles. The largest absolute Gasteiger partial charge is 1.00 e. The third-order valence-corrected chi connectivity index (χ3v) is 5.85. The topological polar surface area (TPSA) is 177 Å². The van der Waals surface area contributed by atoms with Crippen LogP contribution < -0.4 is 34.3 Å². The van der Waals surface area contributed by atoms with Crippen LogP contribution in [0.25, 0.3) is 12.2 Å². The van der Waals surface area contributed by atoms with Gasteiger partial charge in [0.1, 0.15) is 50.9 Å². The molecule has 10 nitrogen and oxygen atoms in total. The molecule has 1 saturated heterocycles. The summed E-state index contributed by atoms with van der Waals surface area (Å²) in [6.07, 6.45) is -3.80. The minimum Gasteiger partial charge on any atom is -0.747 e. The molecule has 0 radical (unpaired) electrons. The van der Waals surface area contributed by atoms with Crippen LogP contribution in [-0.4, -0.2) is 75.0 Å². The summed E-state index contributed by atoms with van der Waals surface area (Å²) in [6, 6.07) is 10.3. The average Bonchev–Trinajstić information content (AvgIpc) is 2.69. The van der Waals surface area contributed by atoms with Crippen molar-refractivity contribution >= 4 is 22.3 Å². The molecule has 0 bridgehead atoms. The van der Waals surface area contributed by atoms with Crippen molar-refractivity contribution in [3.05, 3.63) is 53.6 Å². The molecule has 0 aromatic heterocycles. The fourth-order valence-corrected chi connectivity index (χ4v) is 4.03. The van der Waals surface area contributed by atoms with E-state index in [-0.39, 0.29) is 46.8 Å². The molecule has 3 rings (SSSR count). The number of phenols is 2. The molecule has 5 unspecified atom stereocenters. The summed E-state index contributed by atoms with van der Waals surface area (Å²) in [5.41, 5.74) is 1.19. The minimum atomic E-state index is -5.17. The smallest absolute Gasteiger partial charge is 0.747 e. The maximum Gasteiger partial charge on any atom is 1.00 e. The molecule has 168 valence electrons. The standard InChI is InChI=1S/C20H22O10S.Na/c21-10-16-17(24)18(25)19(31(26,27)28)20(30-16)29-15-8-12(7-14(23)9-15)2-1-11-3-5-13(22)6-4-11;/h1-9,16-25H,10H2,(H,26,27,28);/q;+1/p-1/b2-1+;. The molecule has 2 aromatic rings. The predicted molar refractivity (Wildman–Crippen MR) is 107 cm³/mol. The summed E-state index contributed by atoms with van der Waals surface area (Å²) >= 11 is 0. The van der Waals surface area contributed by atoms with Crippen LogP contribution in [0.15, 0.2) is 42.5 Å². The Morgan fingerprint density at radius 2 is 1.59 bits per heavy atom. The molecule has 0 saturated carbocycles. The van der Waals surface area contributed by atoms with Gasteiger partial charge in [0.05, 0.1) is 6.61 Å². The van der Waals surface area contributed by atoms with E-state index in [9.17, 15) is 38.5 Å². The maximum atomic E-state index is 11.6. The SMILES string of the molecule is O=S(=O)([O-])C1C(Oc2cc(O)cc(/C=C/c3ccc(O)cc3)c2)OC(CO)C(O)C1O.[Na+]. The number of aliphatic hydroxyl groups excluding tert-OH is 3. The van der Waals surface area contributed by atoms with Crippen LogP contribution in [-0.2, 0) is 14.9 Å². The Bertz CT molecular complexity index is 1040. The van der Waals surface area contributed by atoms with Crippen molar-refractivity contribution in [3.8, 4) is 17.2 Å². The molecule has 12 heteroatoms. The van der Waals surface area contributed by atoms with E-state index in [1.165, 1.54) is 24.3 Å². The van der Waals surface area contributed by atoms with E-state index < -0.39 is 46.6 Å². The second kappa shape index (κ2) is 11.0. The number of hydrogen-bond acceptors (Lipinski definition) is 10. The number of phenolic OH excluding ortho intramolecular Hbond substituents is 2. The van der Waals surface area contributed by atoms with Crippen molar-refractivity contribution in [2.24, 2.45) is 0 Å². The van der Waals surface area contributed by atoms with Crippen LogP contribution in [0, 0.1) is 0 Å². The molecule has 1 fully saturated rings. The molecule has 0 spiro atoms. The Balaban J connectivity index is 0.00000363. The second-order valence-corrected chi connectivity index (χ2v) is 8.50. The first-order chi connectivity index (χ1) is 14.6. The fraction of sp³-hybridized carbons (Fsp3) is 0.300. The van der Waals surface area contributed by atoms with E-state index in [2.05, 4.69) is 0 Å². The zero-order valence-corrected chi connectivity index (χ0v) is 19.8. The van der Waals surface area contributed by atoms with Crippen molar-refractivity contribution < 1.29 is 77.5 Å². The quantitative estimate of drug-likeness (QED) is 0.164. The van der Waals surface area contributed by atoms with E-state index in [0.717, 1.165) is 11.6 Å². The zero-order chi connectivity index (χ0) is 22.8. The van der Waals surface area contributed by atoms with E-state index in [4.69, 9.17) is 9.47 Å². The van der Waals surface area contributed by atoms with E-state index in [1.54, 1.807) is 24.3 Å². The van der Waals surface area contributed by atoms with Crippen LogP contribution in [0.5, 0.6) is 17.2 Å². The molecule has 1 aliphatic rings. The number of rotatable bonds is 6. The van der Waals surface area contributed by atoms with Crippen LogP contribution in [0.2, 0.25) is 0 Å². The van der Waals surface area contributed by atoms with Crippen LogP contribution in [0.3, 0.4) is 0 Å². The van der Waals surface area contributed by atoms with E-state index >= 15 is 0 Å². The normalized spacial score (nSPS) is 25.9. The summed E-state index contributed by atoms with van der Waals surface area (Å²) in [5.74, 6) is -0.210. The summed E-state index contributed by atoms with van der Waals surface area (Å²) in [4.78, 5) is 0. The summed E-state index contributed by atoms with van der Waals surface area (Å²) in [6.45, 7) is -0.760. The van der Waals surface area contributed by atoms with Gasteiger partial charge in [-0.05, 0) is 35.4 Å². The van der Waals surface area contributed by atoms with Crippen molar-refractivity contribution in [1.29, 1.82) is 0 Å². The van der Waals surface area contributed by atoms with Crippen LogP contribution in [0.4, 0.5) is 0 Å². The Kier molecular flexibility index (Phi) is 9.11. The molecule has 5 atom stereocenters. The number of benzene rings is 2. The van der Waals surface area contributed by atoms with Gasteiger partial charge in [-0.2, -0.15) is 0 Å². The van der Waals surface area contributed by atoms with Gasteiger partial charge in [-0.25, -0.2) is 8.42 Å². The molecule has 0 amide bonds. The Morgan fingerprint density at radius 1 is 0.969 bits per heavy atom. The summed E-state index contributed by atoms with van der Waals surface area (Å²) in [7, 11) is -5.17. The first kappa shape index (κ1) is 26.6. The van der Waals surface area contributed by atoms with Crippen LogP contribution in [0.1, 0.15) is 11.1 Å². The molecular formula is C20H21NaO10S. The summed E-state index contributed by atoms with van der Waals surface area (Å²) < 4.78 is 45.5. The van der Waals surface area contributed by atoms with Crippen molar-refractivity contribution in [2.75, 3.05) is 6.61 Å². The van der Waals surface area contributed by atoms with Gasteiger partial charge in [-0.15, -0.1) is 0 Å². The van der Waals surface area contributed by atoms with Gasteiger partial charge in [0.2, 0.25) is 6.29 Å². The van der Waals surface area contributed by atoms with Gasteiger partial charge < -0.3 is 39.6 Å². The number of hydrogen-bond donors (Lipinski definition) is 5. The molecule has 5 N–H and O–H groups in total. The van der Waals surface area contributed by atoms with Gasteiger partial charge in [0.25, 0.3) is 0 Å². The fourth-order valence-electron chi connectivity index (χ4n) is 3.14. The van der Waals surface area contributed by atoms with Crippen molar-refractivity contribution in [3.63, 3.8) is 0 Å². The summed E-state index contributed by atoms with van der Waals surface area (Å²) in [5, 5.41) is 46.4. The Morgan fingerprint density at radius 3 is 2.19 bits per heavy atom. The number of aromatic hydroxyl groups is 2. The minimum absolute atomic E-state index is 0. The average molecular weight is 476 g/mol. The van der Waals surface area contributed by atoms with Gasteiger partial charge in [0.15, 0.2) is 0 Å². The van der Waals surface area contributed by atoms with E-state index in [1.807, 2.05) is 0 Å². The monoisotopic (exact) mass is 476 g/mol. The second-order valence-electron chi connectivity index (χ2n) is 6.97. The molecule has 2 aromatic carbocycles. The number of aliphatic hydroxyl groups is 3. The predicted octanol–water partition coefficient (Wildman–Crippen LogP) is -3.00. The van der Waals surface area contributed by atoms with E-state index in [0.29, 0.717) is 5.56 Å². The zero-order valence-electron chi connectivity index (χ0n) is 17.0. The van der Waals surface area contributed by atoms with Gasteiger partial charge in [0, 0.05) is 6.07 Å². The molecule has 0 aliphatic carbocycles. The van der Waals surface area contributed by atoms with Crippen LogP contribution >= 0.6 is 0 Å². The van der Waals surface area contributed by atoms with Gasteiger partial charge in [-0.1, -0.05) is 24.3 Å². The maximum absolute atomic E-state index is 11.6. The molecule has 32 heavy (non-hydrogen) atoms. The first-order valence-corrected chi connectivity index (χ1v) is 10.6. The third-order valence-electron chi connectivity index (χ3n) is 4.69. The molecular weight excluding hydrogens is 455 g/mol. The third kappa shape index (κ3) is 6.44. The Labute approximate surface area is 206 Å². The molecule has 1 aliphatic heterocycles. The van der Waals surface area contributed by atoms with Gasteiger partial charge >= 0.3 is 29.6 Å². The first-order valence-electron chi connectivity index (χ1n) is 9.13. The van der Waals surface area contributed by atoms with Crippen molar-refractivity contribution in [2.45, 2.75) is 29.9 Å². The van der Waals surface area contributed by atoms with Gasteiger partial charge in [-0.3, -0.25) is 0 Å². The number of ether oxygens (including phenoxy) is 2. The Hall–Kier alpha value is -1.67.